The molecule has 1 fully saturated rings. The maximum Gasteiger partial charge on any atom is 0.166 e. The number of rotatable bonds is 1. The lowest BCUT2D eigenvalue weighted by Crippen LogP contribution is -1.96. The highest BCUT2D eigenvalue weighted by atomic mass is 32.2. The van der Waals surface area contributed by atoms with Gasteiger partial charge in [0.05, 0.1) is 0 Å². The molecule has 0 bridgehead atoms. The predicted molar refractivity (Wildman–Crippen MR) is 43.2 cm³/mol. The summed E-state index contributed by atoms with van der Waals surface area (Å²) < 4.78 is 0. The van der Waals surface area contributed by atoms with Crippen molar-refractivity contribution in [1.29, 1.82) is 5.26 Å². The zero-order valence-corrected chi connectivity index (χ0v) is 6.49. The summed E-state index contributed by atoms with van der Waals surface area (Å²) in [5.41, 5.74) is 0. The highest BCUT2D eigenvalue weighted by Gasteiger charge is 2.09. The molecule has 54 valence electrons. The van der Waals surface area contributed by atoms with Gasteiger partial charge in [-0.05, 0) is 24.3 Å². The molecular formula is C7H9NOS. The van der Waals surface area contributed by atoms with Gasteiger partial charge in [-0.1, -0.05) is 0 Å². The molecule has 0 saturated carbocycles. The van der Waals surface area contributed by atoms with Crippen molar-refractivity contribution in [3.8, 4) is 6.07 Å². The number of nitriles is 1. The SMILES string of the molecule is N#CC(C=O)=S1CCCC1. The average molecular weight is 155 g/mol. The van der Waals surface area contributed by atoms with Gasteiger partial charge in [0.15, 0.2) is 6.29 Å². The normalized spacial score (nSPS) is 18.3. The first-order chi connectivity index (χ1) is 4.88. The van der Waals surface area contributed by atoms with Crippen LogP contribution in [0.3, 0.4) is 0 Å². The summed E-state index contributed by atoms with van der Waals surface area (Å²) >= 11 is 0. The molecule has 3 heteroatoms. The Bertz CT molecular complexity index is 206. The van der Waals surface area contributed by atoms with E-state index in [1.807, 2.05) is 6.07 Å². The van der Waals surface area contributed by atoms with Gasteiger partial charge in [0.2, 0.25) is 0 Å². The molecule has 0 aromatic heterocycles. The number of aldehydes is 1. The summed E-state index contributed by atoms with van der Waals surface area (Å²) in [6, 6.07) is 1.95. The fraction of sp³-hybridized carbons (Fsp3) is 0.571. The van der Waals surface area contributed by atoms with Gasteiger partial charge in [-0.3, -0.25) is 4.79 Å². The highest BCUT2D eigenvalue weighted by molar-refractivity contribution is 8.17. The smallest absolute Gasteiger partial charge is 0.166 e. The van der Waals surface area contributed by atoms with Crippen LogP contribution in [-0.4, -0.2) is 22.7 Å². The Morgan fingerprint density at radius 1 is 1.50 bits per heavy atom. The predicted octanol–water partition coefficient (Wildman–Crippen LogP) is 0.944. The van der Waals surface area contributed by atoms with E-state index in [1.54, 1.807) is 0 Å². The molecule has 0 N–H and O–H groups in total. The van der Waals surface area contributed by atoms with Crippen molar-refractivity contribution in [3.63, 3.8) is 0 Å². The fourth-order valence-electron chi connectivity index (χ4n) is 1.03. The number of nitrogens with zero attached hydrogens (tertiary/aromatic N) is 1. The zero-order valence-electron chi connectivity index (χ0n) is 5.67. The van der Waals surface area contributed by atoms with Crippen LogP contribution >= 0.6 is 10.5 Å². The Labute approximate surface area is 62.8 Å². The monoisotopic (exact) mass is 155 g/mol. The molecule has 0 atom stereocenters. The Morgan fingerprint density at radius 2 is 2.10 bits per heavy atom. The Kier molecular flexibility index (Phi) is 2.64. The van der Waals surface area contributed by atoms with E-state index in [4.69, 9.17) is 5.26 Å². The molecule has 0 amide bonds. The molecule has 10 heavy (non-hydrogen) atoms. The van der Waals surface area contributed by atoms with Crippen LogP contribution in [0.1, 0.15) is 12.8 Å². The van der Waals surface area contributed by atoms with Crippen LogP contribution < -0.4 is 0 Å². The van der Waals surface area contributed by atoms with Gasteiger partial charge in [0, 0.05) is 0 Å². The molecule has 0 aromatic rings. The molecule has 1 rings (SSSR count). The average Bonchev–Trinajstić information content (AvgIpc) is 2.43. The van der Waals surface area contributed by atoms with Crippen molar-refractivity contribution in [2.24, 2.45) is 0 Å². The van der Waals surface area contributed by atoms with Crippen molar-refractivity contribution in [3.05, 3.63) is 0 Å². The van der Waals surface area contributed by atoms with Gasteiger partial charge in [0.1, 0.15) is 10.9 Å². The first kappa shape index (κ1) is 7.49. The first-order valence-electron chi connectivity index (χ1n) is 3.28. The third-order valence-corrected chi connectivity index (χ3v) is 3.93. The summed E-state index contributed by atoms with van der Waals surface area (Å²) in [6.45, 7) is 0. The highest BCUT2D eigenvalue weighted by Crippen LogP contribution is 2.25. The van der Waals surface area contributed by atoms with Crippen molar-refractivity contribution < 1.29 is 4.79 Å². The van der Waals surface area contributed by atoms with Crippen molar-refractivity contribution in [2.45, 2.75) is 12.8 Å². The maximum absolute atomic E-state index is 10.3. The molecule has 1 aliphatic heterocycles. The fourth-order valence-corrected chi connectivity index (χ4v) is 3.05. The largest absolute Gasteiger partial charge is 0.297 e. The summed E-state index contributed by atoms with van der Waals surface area (Å²) in [5.74, 6) is 2.11. The lowest BCUT2D eigenvalue weighted by atomic mass is 10.4. The minimum atomic E-state index is 0.0224. The van der Waals surface area contributed by atoms with Crippen LogP contribution in [-0.2, 0) is 4.79 Å². The minimum Gasteiger partial charge on any atom is -0.297 e. The van der Waals surface area contributed by atoms with Crippen LogP contribution in [0, 0.1) is 11.3 Å². The van der Waals surface area contributed by atoms with Gasteiger partial charge in [-0.2, -0.15) is 15.7 Å². The van der Waals surface area contributed by atoms with Gasteiger partial charge in [0.25, 0.3) is 0 Å². The van der Waals surface area contributed by atoms with Crippen LogP contribution in [0.15, 0.2) is 0 Å². The molecule has 0 unspecified atom stereocenters. The molecule has 2 nitrogen and oxygen atoms in total. The number of hydrogen-bond acceptors (Lipinski definition) is 2. The van der Waals surface area contributed by atoms with E-state index in [0.29, 0.717) is 11.2 Å². The van der Waals surface area contributed by atoms with Crippen LogP contribution in [0.5, 0.6) is 0 Å². The van der Waals surface area contributed by atoms with Crippen molar-refractivity contribution >= 4 is 21.6 Å². The number of carbonyl (C=O) groups is 1. The van der Waals surface area contributed by atoms with E-state index in [2.05, 4.69) is 0 Å². The van der Waals surface area contributed by atoms with E-state index in [0.717, 1.165) is 11.5 Å². The number of hydrogen-bond donors (Lipinski definition) is 0. The Hall–Kier alpha value is -0.620. The van der Waals surface area contributed by atoms with E-state index in [9.17, 15) is 4.79 Å². The topological polar surface area (TPSA) is 40.9 Å². The lowest BCUT2D eigenvalue weighted by molar-refractivity contribution is -0.102. The van der Waals surface area contributed by atoms with E-state index < -0.39 is 0 Å². The zero-order chi connectivity index (χ0) is 7.40. The molecule has 1 saturated heterocycles. The summed E-state index contributed by atoms with van der Waals surface area (Å²) in [6.07, 6.45) is 3.08. The van der Waals surface area contributed by atoms with Gasteiger partial charge < -0.3 is 0 Å². The second kappa shape index (κ2) is 3.52. The third-order valence-electron chi connectivity index (χ3n) is 1.56. The van der Waals surface area contributed by atoms with E-state index in [1.165, 1.54) is 12.8 Å². The van der Waals surface area contributed by atoms with Gasteiger partial charge in [-0.15, -0.1) is 0 Å². The Balaban J connectivity index is 2.81. The molecule has 1 heterocycles. The molecule has 0 aromatic carbocycles. The molecule has 1 aliphatic rings. The summed E-state index contributed by atoms with van der Waals surface area (Å²) in [7, 11) is 0.0224. The molecule has 0 spiro atoms. The molecule has 0 radical (unpaired) electrons. The van der Waals surface area contributed by atoms with E-state index >= 15 is 0 Å². The number of carbonyl (C=O) groups excluding carboxylic acids is 1. The summed E-state index contributed by atoms with van der Waals surface area (Å²) in [4.78, 5) is 10.7. The summed E-state index contributed by atoms with van der Waals surface area (Å²) in [5, 5.41) is 8.48. The molecular weight excluding hydrogens is 146 g/mol. The standard InChI is InChI=1S/C7H9NOS/c8-5-7(6-9)10-3-1-2-4-10/h6H,1-4H2. The van der Waals surface area contributed by atoms with Crippen LogP contribution in [0.25, 0.3) is 0 Å². The quantitative estimate of drug-likeness (QED) is 0.418. The van der Waals surface area contributed by atoms with Crippen molar-refractivity contribution in [2.75, 3.05) is 11.5 Å². The second-order valence-electron chi connectivity index (χ2n) is 2.20. The van der Waals surface area contributed by atoms with Crippen molar-refractivity contribution in [1.82, 2.24) is 0 Å². The Morgan fingerprint density at radius 3 is 2.50 bits per heavy atom. The lowest BCUT2D eigenvalue weighted by Gasteiger charge is -1.94. The van der Waals surface area contributed by atoms with Gasteiger partial charge >= 0.3 is 0 Å². The van der Waals surface area contributed by atoms with Crippen LogP contribution in [0.2, 0.25) is 0 Å². The maximum atomic E-state index is 10.3. The van der Waals surface area contributed by atoms with Gasteiger partial charge in [-0.25, -0.2) is 0 Å². The first-order valence-corrected chi connectivity index (χ1v) is 4.84. The van der Waals surface area contributed by atoms with Crippen LogP contribution in [0.4, 0.5) is 0 Å². The minimum absolute atomic E-state index is 0.0224. The second-order valence-corrected chi connectivity index (χ2v) is 4.44. The van der Waals surface area contributed by atoms with E-state index in [-0.39, 0.29) is 10.5 Å². The third kappa shape index (κ3) is 1.45. The molecule has 0 aliphatic carbocycles.